The molecule has 1 fully saturated rings. The molecule has 0 bridgehead atoms. The summed E-state index contributed by atoms with van der Waals surface area (Å²) in [7, 11) is -1.69. The predicted molar refractivity (Wildman–Crippen MR) is 112 cm³/mol. The summed E-state index contributed by atoms with van der Waals surface area (Å²) in [6.45, 7) is 5.04. The summed E-state index contributed by atoms with van der Waals surface area (Å²) in [5.41, 5.74) is -2.84. The van der Waals surface area contributed by atoms with Crippen molar-refractivity contribution in [2.45, 2.75) is 57.5 Å². The fraction of sp³-hybridized carbons (Fsp3) is 0.526. The maximum Gasteiger partial charge on any atom is 0.480 e. The maximum absolute atomic E-state index is 12.6. The van der Waals surface area contributed by atoms with E-state index in [2.05, 4.69) is 0 Å². The van der Waals surface area contributed by atoms with Gasteiger partial charge in [-0.15, -0.1) is 0 Å². The van der Waals surface area contributed by atoms with Crippen LogP contribution >= 0.6 is 0 Å². The lowest BCUT2D eigenvalue weighted by Crippen LogP contribution is -2.31. The molecule has 174 valence electrons. The SMILES string of the molecule is CC[C@H](OC(=O)c1cc([N+](=O)[O-])cc([N+](=O)[O-])c1)[C@@H](C)[C@H]1O[C@@H]1C[C@@](C)(O)/C=C/B(O)O. The molecular formula is C19H25BN2O10. The molecule has 12 nitrogen and oxygen atoms in total. The highest BCUT2D eigenvalue weighted by Gasteiger charge is 2.48. The number of esters is 1. The Kier molecular flexibility index (Phi) is 8.07. The lowest BCUT2D eigenvalue weighted by atomic mass is 9.86. The van der Waals surface area contributed by atoms with Crippen molar-refractivity contribution in [3.63, 3.8) is 0 Å². The molecule has 0 amide bonds. The minimum atomic E-state index is -1.69. The zero-order valence-electron chi connectivity index (χ0n) is 17.8. The summed E-state index contributed by atoms with van der Waals surface area (Å²) < 4.78 is 11.1. The molecule has 13 heteroatoms. The Bertz CT molecular complexity index is 872. The van der Waals surface area contributed by atoms with E-state index in [1.54, 1.807) is 13.8 Å². The summed E-state index contributed by atoms with van der Waals surface area (Å²) in [5, 5.41) is 50.2. The van der Waals surface area contributed by atoms with Crippen LogP contribution in [0.5, 0.6) is 0 Å². The van der Waals surface area contributed by atoms with Crippen LogP contribution in [-0.4, -0.2) is 62.0 Å². The van der Waals surface area contributed by atoms with E-state index in [9.17, 15) is 30.1 Å². The van der Waals surface area contributed by atoms with Gasteiger partial charge in [0.05, 0.1) is 39.3 Å². The Balaban J connectivity index is 2.07. The molecule has 0 aliphatic carbocycles. The van der Waals surface area contributed by atoms with Crippen molar-refractivity contribution in [2.75, 3.05) is 0 Å². The van der Waals surface area contributed by atoms with E-state index in [0.29, 0.717) is 6.42 Å². The second-order valence-corrected chi connectivity index (χ2v) is 7.94. The molecule has 0 saturated carbocycles. The first-order chi connectivity index (χ1) is 14.8. The molecule has 5 atom stereocenters. The zero-order chi connectivity index (χ0) is 24.2. The lowest BCUT2D eigenvalue weighted by molar-refractivity contribution is -0.394. The number of hydrogen-bond acceptors (Lipinski definition) is 10. The second-order valence-electron chi connectivity index (χ2n) is 7.94. The first kappa shape index (κ1) is 25.4. The zero-order valence-corrected chi connectivity index (χ0v) is 17.8. The minimum absolute atomic E-state index is 0.173. The summed E-state index contributed by atoms with van der Waals surface area (Å²) in [6.07, 6.45) is 0.484. The van der Waals surface area contributed by atoms with E-state index in [4.69, 9.17) is 19.5 Å². The number of epoxide rings is 1. The molecule has 2 rings (SSSR count). The summed E-state index contributed by atoms with van der Waals surface area (Å²) >= 11 is 0. The molecule has 1 saturated heterocycles. The molecule has 3 N–H and O–H groups in total. The fourth-order valence-corrected chi connectivity index (χ4v) is 3.46. The third-order valence-electron chi connectivity index (χ3n) is 5.19. The second kappa shape index (κ2) is 10.2. The quantitative estimate of drug-likeness (QED) is 0.146. The normalized spacial score (nSPS) is 21.4. The van der Waals surface area contributed by atoms with E-state index in [1.807, 2.05) is 0 Å². The highest BCUT2D eigenvalue weighted by Crippen LogP contribution is 2.38. The van der Waals surface area contributed by atoms with Crippen LogP contribution in [0.3, 0.4) is 0 Å². The number of nitro benzene ring substituents is 2. The number of aliphatic hydroxyl groups is 1. The molecule has 1 aliphatic rings. The van der Waals surface area contributed by atoms with Crippen molar-refractivity contribution in [3.05, 3.63) is 56.0 Å². The number of ether oxygens (including phenoxy) is 2. The van der Waals surface area contributed by atoms with Crippen LogP contribution in [0.1, 0.15) is 44.0 Å². The van der Waals surface area contributed by atoms with E-state index >= 15 is 0 Å². The van der Waals surface area contributed by atoms with Crippen LogP contribution in [0.2, 0.25) is 0 Å². The van der Waals surface area contributed by atoms with Gasteiger partial charge in [0.2, 0.25) is 0 Å². The van der Waals surface area contributed by atoms with E-state index in [0.717, 1.165) is 24.2 Å². The van der Waals surface area contributed by atoms with Gasteiger partial charge < -0.3 is 24.6 Å². The number of hydrogen-bond donors (Lipinski definition) is 3. The van der Waals surface area contributed by atoms with E-state index in [1.165, 1.54) is 13.0 Å². The number of carbonyl (C=O) groups excluding carboxylic acids is 1. The Labute approximate surface area is 183 Å². The molecule has 1 aromatic carbocycles. The monoisotopic (exact) mass is 452 g/mol. The van der Waals surface area contributed by atoms with Crippen molar-refractivity contribution in [3.8, 4) is 0 Å². The van der Waals surface area contributed by atoms with Gasteiger partial charge in [-0.05, 0) is 13.3 Å². The minimum Gasteiger partial charge on any atom is -0.458 e. The maximum atomic E-state index is 12.6. The third-order valence-corrected chi connectivity index (χ3v) is 5.19. The Morgan fingerprint density at radius 2 is 1.84 bits per heavy atom. The molecule has 32 heavy (non-hydrogen) atoms. The number of nitro groups is 2. The van der Waals surface area contributed by atoms with Crippen molar-refractivity contribution >= 4 is 24.5 Å². The molecule has 1 aliphatic heterocycles. The van der Waals surface area contributed by atoms with Crippen molar-refractivity contribution in [1.29, 1.82) is 0 Å². The molecule has 1 heterocycles. The average Bonchev–Trinajstić information content (AvgIpc) is 3.47. The number of carbonyl (C=O) groups is 1. The van der Waals surface area contributed by atoms with Crippen molar-refractivity contribution in [1.82, 2.24) is 0 Å². The largest absolute Gasteiger partial charge is 0.480 e. The smallest absolute Gasteiger partial charge is 0.458 e. The fourth-order valence-electron chi connectivity index (χ4n) is 3.46. The van der Waals surface area contributed by atoms with Crippen LogP contribution in [0.25, 0.3) is 0 Å². The molecule has 0 radical (unpaired) electrons. The molecule has 0 unspecified atom stereocenters. The van der Waals surface area contributed by atoms with Gasteiger partial charge >= 0.3 is 13.1 Å². The van der Waals surface area contributed by atoms with Crippen molar-refractivity contribution < 1.29 is 39.3 Å². The van der Waals surface area contributed by atoms with Gasteiger partial charge in [-0.25, -0.2) is 4.79 Å². The highest BCUT2D eigenvalue weighted by molar-refractivity contribution is 6.47. The van der Waals surface area contributed by atoms with Crippen molar-refractivity contribution in [2.24, 2.45) is 5.92 Å². The first-order valence-corrected chi connectivity index (χ1v) is 9.92. The molecular weight excluding hydrogens is 427 g/mol. The van der Waals surface area contributed by atoms with E-state index in [-0.39, 0.29) is 30.1 Å². The van der Waals surface area contributed by atoms with E-state index < -0.39 is 46.0 Å². The lowest BCUT2D eigenvalue weighted by Gasteiger charge is -2.22. The highest BCUT2D eigenvalue weighted by atomic mass is 16.6. The summed E-state index contributed by atoms with van der Waals surface area (Å²) in [6, 6.07) is 2.60. The predicted octanol–water partition coefficient (Wildman–Crippen LogP) is 1.55. The molecule has 1 aromatic rings. The molecule has 0 aromatic heterocycles. The summed E-state index contributed by atoms with van der Waals surface area (Å²) in [5.74, 6) is -0.194. The van der Waals surface area contributed by atoms with Crippen LogP contribution in [-0.2, 0) is 9.47 Å². The van der Waals surface area contributed by atoms with Crippen LogP contribution in [0, 0.1) is 26.1 Å². The summed E-state index contributed by atoms with van der Waals surface area (Å²) in [4.78, 5) is 33.0. The first-order valence-electron chi connectivity index (χ1n) is 9.92. The Hall–Kier alpha value is -2.87. The van der Waals surface area contributed by atoms with Gasteiger partial charge in [-0.3, -0.25) is 20.2 Å². The van der Waals surface area contributed by atoms with Gasteiger partial charge in [0.15, 0.2) is 0 Å². The number of nitrogens with zero attached hydrogens (tertiary/aromatic N) is 2. The van der Waals surface area contributed by atoms with Crippen LogP contribution in [0.4, 0.5) is 11.4 Å². The van der Waals surface area contributed by atoms with Gasteiger partial charge in [-0.2, -0.15) is 0 Å². The standard InChI is InChI=1S/C19H25BN2O10/c1-4-15(11(2)17-16(31-17)10-19(3,24)5-6-20(25)26)32-18(23)12-7-13(21(27)28)9-14(8-12)22(29)30/h5-9,11,15-17,24-26H,4,10H2,1-3H3/b6-5+/t11-,15+,16-,17-,19+/m1/s1. The van der Waals surface area contributed by atoms with Gasteiger partial charge in [0.25, 0.3) is 11.4 Å². The third kappa shape index (κ3) is 6.82. The number of rotatable bonds is 11. The Morgan fingerprint density at radius 3 is 2.31 bits per heavy atom. The average molecular weight is 452 g/mol. The Morgan fingerprint density at radius 1 is 1.28 bits per heavy atom. The van der Waals surface area contributed by atoms with Gasteiger partial charge in [0.1, 0.15) is 6.10 Å². The van der Waals surface area contributed by atoms with Gasteiger partial charge in [0, 0.05) is 24.5 Å². The molecule has 0 spiro atoms. The van der Waals surface area contributed by atoms with Gasteiger partial charge in [-0.1, -0.05) is 25.9 Å². The van der Waals surface area contributed by atoms with Crippen LogP contribution < -0.4 is 0 Å². The number of non-ortho nitro benzene ring substituents is 2. The van der Waals surface area contributed by atoms with Crippen LogP contribution in [0.15, 0.2) is 30.3 Å². The topological polar surface area (TPSA) is 186 Å². The number of benzene rings is 1.